The summed E-state index contributed by atoms with van der Waals surface area (Å²) in [6.45, 7) is 4.21. The molecule has 1 aliphatic rings. The van der Waals surface area contributed by atoms with E-state index in [-0.39, 0.29) is 0 Å². The van der Waals surface area contributed by atoms with Gasteiger partial charge < -0.3 is 19.9 Å². The number of ether oxygens (including phenoxy) is 1. The van der Waals surface area contributed by atoms with Gasteiger partial charge in [0.2, 0.25) is 5.95 Å². The van der Waals surface area contributed by atoms with Gasteiger partial charge in [-0.15, -0.1) is 0 Å². The summed E-state index contributed by atoms with van der Waals surface area (Å²) in [5, 5.41) is 4.30. The highest BCUT2D eigenvalue weighted by Crippen LogP contribution is 2.32. The first-order valence-electron chi connectivity index (χ1n) is 8.83. The second-order valence-electron chi connectivity index (χ2n) is 6.55. The number of rotatable bonds is 4. The molecule has 1 fully saturated rings. The highest BCUT2D eigenvalue weighted by Gasteiger charge is 2.16. The van der Waals surface area contributed by atoms with Crippen molar-refractivity contribution in [2.45, 2.75) is 0 Å². The van der Waals surface area contributed by atoms with Crippen LogP contribution in [-0.4, -0.2) is 55.2 Å². The van der Waals surface area contributed by atoms with Crippen molar-refractivity contribution >= 4 is 28.2 Å². The third kappa shape index (κ3) is 3.41. The van der Waals surface area contributed by atoms with Gasteiger partial charge in [0.05, 0.1) is 18.3 Å². The summed E-state index contributed by atoms with van der Waals surface area (Å²) in [4.78, 5) is 13.7. The number of fused-ring (bicyclic) bond motifs is 1. The molecule has 0 bridgehead atoms. The number of para-hydroxylation sites is 1. The van der Waals surface area contributed by atoms with Crippen LogP contribution in [0.3, 0.4) is 0 Å². The van der Waals surface area contributed by atoms with E-state index >= 15 is 0 Å². The molecule has 0 atom stereocenters. The Morgan fingerprint density at radius 3 is 2.65 bits per heavy atom. The molecule has 2 aromatic carbocycles. The summed E-state index contributed by atoms with van der Waals surface area (Å²) in [6, 6.07) is 14.2. The summed E-state index contributed by atoms with van der Waals surface area (Å²) in [6.07, 6.45) is 1.83. The first-order valence-corrected chi connectivity index (χ1v) is 8.83. The quantitative estimate of drug-likeness (QED) is 0.781. The molecule has 26 heavy (non-hydrogen) atoms. The van der Waals surface area contributed by atoms with Crippen LogP contribution in [0.2, 0.25) is 0 Å². The van der Waals surface area contributed by atoms with Gasteiger partial charge in [0, 0.05) is 49.5 Å². The van der Waals surface area contributed by atoms with Gasteiger partial charge in [0.1, 0.15) is 5.75 Å². The molecule has 0 saturated carbocycles. The van der Waals surface area contributed by atoms with E-state index in [9.17, 15) is 0 Å². The van der Waals surface area contributed by atoms with Crippen molar-refractivity contribution in [2.24, 2.45) is 0 Å². The van der Waals surface area contributed by atoms with Crippen LogP contribution in [-0.2, 0) is 0 Å². The largest absolute Gasteiger partial charge is 0.494 e. The van der Waals surface area contributed by atoms with Crippen LogP contribution >= 0.6 is 0 Å². The minimum atomic E-state index is 0.564. The predicted molar refractivity (Wildman–Crippen MR) is 106 cm³/mol. The summed E-state index contributed by atoms with van der Waals surface area (Å²) in [5.74, 6) is 1.35. The average Bonchev–Trinajstić information content (AvgIpc) is 2.69. The molecule has 0 unspecified atom stereocenters. The van der Waals surface area contributed by atoms with E-state index in [1.807, 2.05) is 36.5 Å². The Morgan fingerprint density at radius 2 is 1.85 bits per heavy atom. The van der Waals surface area contributed by atoms with Crippen LogP contribution in [0.15, 0.2) is 48.7 Å². The van der Waals surface area contributed by atoms with Gasteiger partial charge in [-0.05, 0) is 25.2 Å². The lowest BCUT2D eigenvalue weighted by Gasteiger charge is -2.34. The van der Waals surface area contributed by atoms with E-state index in [0.29, 0.717) is 5.95 Å². The van der Waals surface area contributed by atoms with Crippen LogP contribution in [0.4, 0.5) is 17.3 Å². The van der Waals surface area contributed by atoms with Gasteiger partial charge in [0.15, 0.2) is 0 Å². The van der Waals surface area contributed by atoms with E-state index in [2.05, 4.69) is 44.3 Å². The Labute approximate surface area is 153 Å². The van der Waals surface area contributed by atoms with Gasteiger partial charge in [0.25, 0.3) is 0 Å². The van der Waals surface area contributed by atoms with Crippen molar-refractivity contribution in [2.75, 3.05) is 50.6 Å². The minimum Gasteiger partial charge on any atom is -0.494 e. The molecule has 3 aromatic rings. The Balaban J connectivity index is 1.57. The lowest BCUT2D eigenvalue weighted by atomic mass is 10.2. The molecule has 0 radical (unpaired) electrons. The first kappa shape index (κ1) is 16.6. The molecule has 1 N–H and O–H groups in total. The van der Waals surface area contributed by atoms with E-state index < -0.39 is 0 Å². The smallest absolute Gasteiger partial charge is 0.227 e. The van der Waals surface area contributed by atoms with Crippen LogP contribution < -0.4 is 15.0 Å². The monoisotopic (exact) mass is 349 g/mol. The third-order valence-corrected chi connectivity index (χ3v) is 4.79. The molecule has 6 heteroatoms. The predicted octanol–water partition coefficient (Wildman–Crippen LogP) is 3.13. The Bertz CT molecular complexity index is 906. The second-order valence-corrected chi connectivity index (χ2v) is 6.55. The fourth-order valence-corrected chi connectivity index (χ4v) is 3.20. The zero-order valence-electron chi connectivity index (χ0n) is 15.1. The Morgan fingerprint density at radius 1 is 1.04 bits per heavy atom. The number of hydrogen-bond acceptors (Lipinski definition) is 6. The molecule has 0 spiro atoms. The lowest BCUT2D eigenvalue weighted by Crippen LogP contribution is -2.44. The number of aromatic nitrogens is 2. The van der Waals surface area contributed by atoms with Gasteiger partial charge >= 0.3 is 0 Å². The number of likely N-dealkylation sites (N-methyl/N-ethyl adjacent to an activating group) is 1. The number of piperazine rings is 1. The lowest BCUT2D eigenvalue weighted by molar-refractivity contribution is 0.312. The normalized spacial score (nSPS) is 15.2. The van der Waals surface area contributed by atoms with E-state index in [1.165, 1.54) is 5.69 Å². The van der Waals surface area contributed by atoms with Crippen LogP contribution in [0.25, 0.3) is 10.9 Å². The van der Waals surface area contributed by atoms with Crippen LogP contribution in [0.5, 0.6) is 5.75 Å². The molecule has 0 amide bonds. The first-order chi connectivity index (χ1) is 12.7. The average molecular weight is 349 g/mol. The van der Waals surface area contributed by atoms with E-state index in [0.717, 1.165) is 48.5 Å². The molecular formula is C20H23N5O. The molecule has 4 rings (SSSR count). The molecular weight excluding hydrogens is 326 g/mol. The van der Waals surface area contributed by atoms with Gasteiger partial charge in [-0.1, -0.05) is 18.2 Å². The summed E-state index contributed by atoms with van der Waals surface area (Å²) in [5.41, 5.74) is 2.96. The number of nitrogens with zero attached hydrogens (tertiary/aromatic N) is 4. The SMILES string of the molecule is COc1cc(N2CCN(C)CC2)ccc1Nc1ncc2ccccc2n1. The molecule has 2 heterocycles. The fraction of sp³-hybridized carbons (Fsp3) is 0.300. The minimum absolute atomic E-state index is 0.564. The molecule has 134 valence electrons. The molecule has 1 saturated heterocycles. The molecule has 1 aromatic heterocycles. The van der Waals surface area contributed by atoms with Crippen molar-refractivity contribution in [3.05, 3.63) is 48.7 Å². The van der Waals surface area contributed by atoms with Crippen molar-refractivity contribution in [3.8, 4) is 5.75 Å². The van der Waals surface area contributed by atoms with Crippen LogP contribution in [0, 0.1) is 0 Å². The number of benzene rings is 2. The molecule has 1 aliphatic heterocycles. The summed E-state index contributed by atoms with van der Waals surface area (Å²) in [7, 11) is 3.85. The van der Waals surface area contributed by atoms with Gasteiger partial charge in [-0.3, -0.25) is 0 Å². The number of methoxy groups -OCH3 is 1. The zero-order chi connectivity index (χ0) is 17.9. The fourth-order valence-electron chi connectivity index (χ4n) is 3.20. The van der Waals surface area contributed by atoms with Crippen molar-refractivity contribution in [3.63, 3.8) is 0 Å². The summed E-state index contributed by atoms with van der Waals surface area (Å²) < 4.78 is 5.60. The number of anilines is 3. The van der Waals surface area contributed by atoms with Crippen LogP contribution in [0.1, 0.15) is 0 Å². The second kappa shape index (κ2) is 7.17. The van der Waals surface area contributed by atoms with E-state index in [4.69, 9.17) is 4.74 Å². The highest BCUT2D eigenvalue weighted by molar-refractivity contribution is 5.79. The highest BCUT2D eigenvalue weighted by atomic mass is 16.5. The maximum atomic E-state index is 5.60. The van der Waals surface area contributed by atoms with E-state index in [1.54, 1.807) is 7.11 Å². The van der Waals surface area contributed by atoms with Crippen molar-refractivity contribution < 1.29 is 4.74 Å². The Kier molecular flexibility index (Phi) is 4.58. The zero-order valence-corrected chi connectivity index (χ0v) is 15.1. The maximum absolute atomic E-state index is 5.60. The summed E-state index contributed by atoms with van der Waals surface area (Å²) >= 11 is 0. The number of nitrogens with one attached hydrogen (secondary N) is 1. The maximum Gasteiger partial charge on any atom is 0.227 e. The van der Waals surface area contributed by atoms with Crippen molar-refractivity contribution in [1.82, 2.24) is 14.9 Å². The van der Waals surface area contributed by atoms with Gasteiger partial charge in [-0.25, -0.2) is 9.97 Å². The van der Waals surface area contributed by atoms with Gasteiger partial charge in [-0.2, -0.15) is 0 Å². The van der Waals surface area contributed by atoms with Crippen molar-refractivity contribution in [1.29, 1.82) is 0 Å². The third-order valence-electron chi connectivity index (χ3n) is 4.79. The topological polar surface area (TPSA) is 53.5 Å². The molecule has 0 aliphatic carbocycles. The molecule has 6 nitrogen and oxygen atoms in total. The standard InChI is InChI=1S/C20H23N5O/c1-24-9-11-25(12-10-24)16-7-8-18(19(13-16)26-2)23-20-21-14-15-5-3-4-6-17(15)22-20/h3-8,13-14H,9-12H2,1-2H3,(H,21,22,23). The Hall–Kier alpha value is -2.86. The number of hydrogen-bond donors (Lipinski definition) is 1.